The molecule has 2 amide bonds. The molecule has 1 fully saturated rings. The van der Waals surface area contributed by atoms with Gasteiger partial charge in [0, 0.05) is 24.7 Å². The van der Waals surface area contributed by atoms with Crippen molar-refractivity contribution in [2.24, 2.45) is 0 Å². The molecule has 1 aliphatic heterocycles. The Morgan fingerprint density at radius 2 is 1.67 bits per heavy atom. The van der Waals surface area contributed by atoms with Gasteiger partial charge in [0.25, 0.3) is 11.8 Å². The second kappa shape index (κ2) is 12.2. The van der Waals surface area contributed by atoms with Crippen LogP contribution in [0.1, 0.15) is 54.6 Å². The van der Waals surface area contributed by atoms with Gasteiger partial charge in [0.2, 0.25) is 0 Å². The van der Waals surface area contributed by atoms with E-state index in [-0.39, 0.29) is 18.4 Å². The van der Waals surface area contributed by atoms with Gasteiger partial charge in [0.05, 0.1) is 19.3 Å². The van der Waals surface area contributed by atoms with Crippen molar-refractivity contribution < 1.29 is 19.1 Å². The second-order valence-electron chi connectivity index (χ2n) is 8.82. The smallest absolute Gasteiger partial charge is 0.260 e. The Morgan fingerprint density at radius 3 is 2.39 bits per heavy atom. The lowest BCUT2D eigenvalue weighted by atomic mass is 10.1. The Kier molecular flexibility index (Phi) is 8.60. The molecule has 8 nitrogen and oxygen atoms in total. The van der Waals surface area contributed by atoms with Gasteiger partial charge < -0.3 is 19.7 Å². The summed E-state index contributed by atoms with van der Waals surface area (Å²) in [5.41, 5.74) is 2.81. The van der Waals surface area contributed by atoms with E-state index in [4.69, 9.17) is 9.47 Å². The molecule has 0 saturated carbocycles. The molecule has 0 spiro atoms. The molecule has 190 valence electrons. The van der Waals surface area contributed by atoms with Gasteiger partial charge in [-0.2, -0.15) is 5.10 Å². The van der Waals surface area contributed by atoms with Crippen molar-refractivity contribution >= 4 is 17.6 Å². The zero-order chi connectivity index (χ0) is 25.3. The molecule has 0 unspecified atom stereocenters. The van der Waals surface area contributed by atoms with Crippen LogP contribution in [0, 0.1) is 0 Å². The summed E-state index contributed by atoms with van der Waals surface area (Å²) in [6.07, 6.45) is 5.88. The van der Waals surface area contributed by atoms with Gasteiger partial charge in [-0.15, -0.1) is 0 Å². The first-order valence-electron chi connectivity index (χ1n) is 12.7. The number of hydrogen-bond donors (Lipinski definition) is 1. The van der Waals surface area contributed by atoms with Gasteiger partial charge in [0.15, 0.2) is 18.1 Å². The van der Waals surface area contributed by atoms with Crippen LogP contribution in [0.3, 0.4) is 0 Å². The van der Waals surface area contributed by atoms with Crippen molar-refractivity contribution in [2.45, 2.75) is 46.1 Å². The summed E-state index contributed by atoms with van der Waals surface area (Å²) in [4.78, 5) is 27.3. The molecular weight excluding hydrogens is 456 g/mol. The molecule has 2 aromatic carbocycles. The second-order valence-corrected chi connectivity index (χ2v) is 8.82. The average molecular weight is 491 g/mol. The van der Waals surface area contributed by atoms with E-state index in [1.165, 1.54) is 5.56 Å². The third-order valence-corrected chi connectivity index (χ3v) is 6.29. The molecule has 8 heteroatoms. The Balaban J connectivity index is 1.41. The number of aromatic nitrogens is 2. The highest BCUT2D eigenvalue weighted by Gasteiger charge is 2.19. The molecule has 3 aromatic rings. The molecule has 1 aliphatic rings. The summed E-state index contributed by atoms with van der Waals surface area (Å²) in [5.74, 6) is 1.16. The first kappa shape index (κ1) is 25.3. The minimum atomic E-state index is -0.282. The minimum absolute atomic E-state index is 0.0310. The van der Waals surface area contributed by atoms with Crippen molar-refractivity contribution in [3.63, 3.8) is 0 Å². The van der Waals surface area contributed by atoms with Gasteiger partial charge in [0.1, 0.15) is 5.82 Å². The summed E-state index contributed by atoms with van der Waals surface area (Å²) >= 11 is 0. The van der Waals surface area contributed by atoms with E-state index in [1.54, 1.807) is 35.1 Å². The SMILES string of the molecule is CCOc1cc(C(=O)Nc2ccnn2Cc2ccc(CC)cc2)ccc1OCC(=O)N1CCCCC1. The number of anilines is 1. The van der Waals surface area contributed by atoms with E-state index in [2.05, 4.69) is 41.6 Å². The number of amides is 2. The zero-order valence-electron chi connectivity index (χ0n) is 21.0. The number of piperidine rings is 1. The quantitative estimate of drug-likeness (QED) is 0.451. The van der Waals surface area contributed by atoms with Gasteiger partial charge in [-0.05, 0) is 61.9 Å². The number of ether oxygens (including phenoxy) is 2. The lowest BCUT2D eigenvalue weighted by Crippen LogP contribution is -2.38. The van der Waals surface area contributed by atoms with Crippen LogP contribution in [-0.2, 0) is 17.8 Å². The van der Waals surface area contributed by atoms with E-state index in [9.17, 15) is 9.59 Å². The van der Waals surface area contributed by atoms with Crippen LogP contribution in [0.25, 0.3) is 0 Å². The maximum atomic E-state index is 13.0. The fourth-order valence-corrected chi connectivity index (χ4v) is 4.22. The Morgan fingerprint density at radius 1 is 0.917 bits per heavy atom. The number of nitrogens with one attached hydrogen (secondary N) is 1. The van der Waals surface area contributed by atoms with Crippen LogP contribution in [0.15, 0.2) is 54.7 Å². The highest BCUT2D eigenvalue weighted by atomic mass is 16.5. The van der Waals surface area contributed by atoms with Crippen molar-refractivity contribution in [3.05, 3.63) is 71.4 Å². The molecule has 1 aromatic heterocycles. The van der Waals surface area contributed by atoms with Crippen LogP contribution < -0.4 is 14.8 Å². The number of nitrogens with zero attached hydrogens (tertiary/aromatic N) is 3. The molecule has 0 bridgehead atoms. The van der Waals surface area contributed by atoms with E-state index in [0.29, 0.717) is 36.0 Å². The number of likely N-dealkylation sites (tertiary alicyclic amines) is 1. The predicted octanol–water partition coefficient (Wildman–Crippen LogP) is 4.54. The molecule has 2 heterocycles. The fraction of sp³-hybridized carbons (Fsp3) is 0.393. The van der Waals surface area contributed by atoms with Gasteiger partial charge in [-0.1, -0.05) is 31.2 Å². The standard InChI is InChI=1S/C28H34N4O4/c1-3-21-8-10-22(11-9-21)19-32-26(14-15-29-32)30-28(34)23-12-13-24(25(18-23)35-4-2)36-20-27(33)31-16-6-5-7-17-31/h8-15,18H,3-7,16-17,19-20H2,1-2H3,(H,30,34). The first-order valence-corrected chi connectivity index (χ1v) is 12.7. The lowest BCUT2D eigenvalue weighted by molar-refractivity contribution is -0.134. The van der Waals surface area contributed by atoms with Crippen molar-refractivity contribution in [1.82, 2.24) is 14.7 Å². The predicted molar refractivity (Wildman–Crippen MR) is 139 cm³/mol. The summed E-state index contributed by atoms with van der Waals surface area (Å²) in [7, 11) is 0. The highest BCUT2D eigenvalue weighted by molar-refractivity contribution is 6.04. The Labute approximate surface area is 212 Å². The Hall–Kier alpha value is -3.81. The van der Waals surface area contributed by atoms with Crippen LogP contribution in [0.4, 0.5) is 5.82 Å². The van der Waals surface area contributed by atoms with Crippen molar-refractivity contribution in [3.8, 4) is 11.5 Å². The third-order valence-electron chi connectivity index (χ3n) is 6.29. The van der Waals surface area contributed by atoms with Gasteiger partial charge in [-0.3, -0.25) is 9.59 Å². The average Bonchev–Trinajstić information content (AvgIpc) is 3.35. The van der Waals surface area contributed by atoms with Gasteiger partial charge in [-0.25, -0.2) is 4.68 Å². The number of rotatable bonds is 10. The number of aryl methyl sites for hydroxylation is 1. The van der Waals surface area contributed by atoms with Crippen LogP contribution >= 0.6 is 0 Å². The highest BCUT2D eigenvalue weighted by Crippen LogP contribution is 2.29. The molecule has 4 rings (SSSR count). The largest absolute Gasteiger partial charge is 0.490 e. The lowest BCUT2D eigenvalue weighted by Gasteiger charge is -2.26. The van der Waals surface area contributed by atoms with E-state index >= 15 is 0 Å². The minimum Gasteiger partial charge on any atom is -0.490 e. The van der Waals surface area contributed by atoms with Crippen LogP contribution in [-0.4, -0.2) is 52.8 Å². The fourth-order valence-electron chi connectivity index (χ4n) is 4.22. The van der Waals surface area contributed by atoms with E-state index in [0.717, 1.165) is 44.3 Å². The number of carbonyl (C=O) groups is 2. The molecule has 1 N–H and O–H groups in total. The first-order chi connectivity index (χ1) is 17.6. The number of carbonyl (C=O) groups excluding carboxylic acids is 2. The van der Waals surface area contributed by atoms with Gasteiger partial charge >= 0.3 is 0 Å². The molecule has 0 radical (unpaired) electrons. The van der Waals surface area contributed by atoms with Crippen molar-refractivity contribution in [1.29, 1.82) is 0 Å². The maximum absolute atomic E-state index is 13.0. The van der Waals surface area contributed by atoms with E-state index in [1.807, 2.05) is 11.8 Å². The molecule has 0 aliphatic carbocycles. The molecular formula is C28H34N4O4. The van der Waals surface area contributed by atoms with E-state index < -0.39 is 0 Å². The van der Waals surface area contributed by atoms with Crippen LogP contribution in [0.2, 0.25) is 0 Å². The summed E-state index contributed by atoms with van der Waals surface area (Å²) in [5, 5.41) is 7.30. The summed E-state index contributed by atoms with van der Waals surface area (Å²) in [6.45, 7) is 6.45. The molecule has 1 saturated heterocycles. The number of hydrogen-bond acceptors (Lipinski definition) is 5. The zero-order valence-corrected chi connectivity index (χ0v) is 21.0. The van der Waals surface area contributed by atoms with Crippen molar-refractivity contribution in [2.75, 3.05) is 31.6 Å². The summed E-state index contributed by atoms with van der Waals surface area (Å²) < 4.78 is 13.3. The Bertz CT molecular complexity index is 1170. The number of benzene rings is 2. The third kappa shape index (κ3) is 6.44. The normalized spacial score (nSPS) is 13.3. The topological polar surface area (TPSA) is 85.7 Å². The monoisotopic (exact) mass is 490 g/mol. The molecule has 0 atom stereocenters. The van der Waals surface area contributed by atoms with Crippen LogP contribution in [0.5, 0.6) is 11.5 Å². The molecule has 36 heavy (non-hydrogen) atoms. The maximum Gasteiger partial charge on any atom is 0.260 e. The summed E-state index contributed by atoms with van der Waals surface area (Å²) in [6, 6.07) is 15.1.